The summed E-state index contributed by atoms with van der Waals surface area (Å²) in [5.74, 6) is 0.124. The Morgan fingerprint density at radius 3 is 2.33 bits per heavy atom. The molecular formula is C16H23ClN2O2. The molecule has 0 aliphatic carbocycles. The predicted octanol–water partition coefficient (Wildman–Crippen LogP) is 3.27. The molecule has 0 bridgehead atoms. The van der Waals surface area contributed by atoms with Crippen LogP contribution in [0.2, 0.25) is 0 Å². The van der Waals surface area contributed by atoms with Crippen molar-refractivity contribution in [3.63, 3.8) is 0 Å². The first-order valence-corrected chi connectivity index (χ1v) is 7.69. The van der Waals surface area contributed by atoms with Gasteiger partial charge in [0.2, 0.25) is 11.8 Å². The van der Waals surface area contributed by atoms with Gasteiger partial charge in [0.05, 0.1) is 0 Å². The van der Waals surface area contributed by atoms with Gasteiger partial charge in [0.1, 0.15) is 5.38 Å². The van der Waals surface area contributed by atoms with Gasteiger partial charge in [-0.2, -0.15) is 0 Å². The number of carbonyl (C=O) groups is 2. The molecule has 0 radical (unpaired) electrons. The van der Waals surface area contributed by atoms with E-state index in [-0.39, 0.29) is 24.8 Å². The summed E-state index contributed by atoms with van der Waals surface area (Å²) < 4.78 is 0. The molecule has 0 unspecified atom stereocenters. The van der Waals surface area contributed by atoms with Crippen LogP contribution in [0.5, 0.6) is 0 Å². The molecule has 0 aliphatic heterocycles. The Morgan fingerprint density at radius 1 is 1.19 bits per heavy atom. The number of hydrogen-bond donors (Lipinski definition) is 2. The molecule has 0 spiro atoms. The van der Waals surface area contributed by atoms with Gasteiger partial charge in [0.15, 0.2) is 0 Å². The van der Waals surface area contributed by atoms with Crippen molar-refractivity contribution in [3.8, 4) is 0 Å². The molecule has 0 saturated heterocycles. The number of alkyl halides is 1. The van der Waals surface area contributed by atoms with E-state index in [2.05, 4.69) is 24.5 Å². The molecule has 2 atom stereocenters. The van der Waals surface area contributed by atoms with Gasteiger partial charge in [-0.15, -0.1) is 11.6 Å². The Balaban J connectivity index is 2.39. The maximum atomic E-state index is 11.7. The third kappa shape index (κ3) is 6.17. The normalized spacial score (nSPS) is 13.3. The average Bonchev–Trinajstić information content (AvgIpc) is 2.46. The number of rotatable bonds is 7. The van der Waals surface area contributed by atoms with E-state index in [0.29, 0.717) is 5.92 Å². The molecule has 4 nitrogen and oxygen atoms in total. The minimum atomic E-state index is -0.582. The van der Waals surface area contributed by atoms with Gasteiger partial charge in [-0.1, -0.05) is 26.0 Å². The van der Waals surface area contributed by atoms with Crippen LogP contribution in [0.1, 0.15) is 45.1 Å². The first kappa shape index (κ1) is 17.5. The van der Waals surface area contributed by atoms with E-state index in [9.17, 15) is 9.59 Å². The molecule has 0 aliphatic rings. The minimum Gasteiger partial charge on any atom is -0.354 e. The molecular weight excluding hydrogens is 288 g/mol. The van der Waals surface area contributed by atoms with Crippen LogP contribution in [-0.2, 0) is 9.59 Å². The lowest BCUT2D eigenvalue weighted by molar-refractivity contribution is -0.120. The summed E-state index contributed by atoms with van der Waals surface area (Å²) >= 11 is 5.61. The number of anilines is 1. The number of hydrogen-bond acceptors (Lipinski definition) is 2. The van der Waals surface area contributed by atoms with Gasteiger partial charge < -0.3 is 10.6 Å². The zero-order chi connectivity index (χ0) is 15.8. The Labute approximate surface area is 131 Å². The standard InChI is InChI=1S/C16H23ClN2O2/c1-4-11(2)13-5-7-14(8-6-13)19-15(20)9-10-18-16(21)12(3)17/h5-8,11-12H,4,9-10H2,1-3H3,(H,18,21)(H,19,20)/t11-,12+/m1/s1. The molecule has 2 N–H and O–H groups in total. The molecule has 0 fully saturated rings. The minimum absolute atomic E-state index is 0.131. The lowest BCUT2D eigenvalue weighted by Crippen LogP contribution is -2.32. The van der Waals surface area contributed by atoms with Crippen molar-refractivity contribution in [3.05, 3.63) is 29.8 Å². The summed E-state index contributed by atoms with van der Waals surface area (Å²) in [6, 6.07) is 7.86. The smallest absolute Gasteiger partial charge is 0.237 e. The van der Waals surface area contributed by atoms with Crippen molar-refractivity contribution in [2.24, 2.45) is 0 Å². The van der Waals surface area contributed by atoms with E-state index >= 15 is 0 Å². The molecule has 0 saturated carbocycles. The lowest BCUT2D eigenvalue weighted by Gasteiger charge is -2.11. The third-order valence-electron chi connectivity index (χ3n) is 3.39. The van der Waals surface area contributed by atoms with Crippen molar-refractivity contribution < 1.29 is 9.59 Å². The van der Waals surface area contributed by atoms with Crippen molar-refractivity contribution in [1.29, 1.82) is 0 Å². The van der Waals surface area contributed by atoms with E-state index < -0.39 is 5.38 Å². The summed E-state index contributed by atoms with van der Waals surface area (Å²) in [6.45, 7) is 6.20. The van der Waals surface area contributed by atoms with Crippen molar-refractivity contribution in [2.45, 2.75) is 44.9 Å². The Bertz CT molecular complexity index is 472. The second kappa shape index (κ2) is 8.67. The van der Waals surface area contributed by atoms with Gasteiger partial charge in [-0.3, -0.25) is 9.59 Å². The Kier molecular flexibility index (Phi) is 7.23. The van der Waals surface area contributed by atoms with Crippen LogP contribution >= 0.6 is 11.6 Å². The van der Waals surface area contributed by atoms with E-state index in [1.807, 2.05) is 24.3 Å². The van der Waals surface area contributed by atoms with Gasteiger partial charge in [-0.25, -0.2) is 0 Å². The van der Waals surface area contributed by atoms with Crippen LogP contribution in [0.3, 0.4) is 0 Å². The second-order valence-corrected chi connectivity index (χ2v) is 5.79. The number of benzene rings is 1. The van der Waals surface area contributed by atoms with Crippen LogP contribution in [0.4, 0.5) is 5.69 Å². The highest BCUT2D eigenvalue weighted by atomic mass is 35.5. The fraction of sp³-hybridized carbons (Fsp3) is 0.500. The van der Waals surface area contributed by atoms with Crippen LogP contribution in [-0.4, -0.2) is 23.7 Å². The fourth-order valence-corrected chi connectivity index (χ4v) is 1.87. The van der Waals surface area contributed by atoms with Crippen molar-refractivity contribution >= 4 is 29.1 Å². The highest BCUT2D eigenvalue weighted by Gasteiger charge is 2.09. The highest BCUT2D eigenvalue weighted by molar-refractivity contribution is 6.30. The number of amides is 2. The average molecular weight is 311 g/mol. The summed E-state index contributed by atoms with van der Waals surface area (Å²) in [4.78, 5) is 23.0. The number of carbonyl (C=O) groups excluding carboxylic acids is 2. The van der Waals surface area contributed by atoms with E-state index in [1.165, 1.54) is 5.56 Å². The first-order valence-electron chi connectivity index (χ1n) is 7.25. The van der Waals surface area contributed by atoms with Gasteiger partial charge >= 0.3 is 0 Å². The highest BCUT2D eigenvalue weighted by Crippen LogP contribution is 2.20. The maximum Gasteiger partial charge on any atom is 0.237 e. The number of nitrogens with one attached hydrogen (secondary N) is 2. The molecule has 116 valence electrons. The zero-order valence-electron chi connectivity index (χ0n) is 12.8. The molecule has 2 amide bonds. The van der Waals surface area contributed by atoms with Crippen LogP contribution in [0.25, 0.3) is 0 Å². The lowest BCUT2D eigenvalue weighted by atomic mass is 9.99. The Morgan fingerprint density at radius 2 is 1.81 bits per heavy atom. The van der Waals surface area contributed by atoms with Gasteiger partial charge in [0, 0.05) is 18.7 Å². The van der Waals surface area contributed by atoms with Crippen LogP contribution in [0.15, 0.2) is 24.3 Å². The predicted molar refractivity (Wildman–Crippen MR) is 86.7 cm³/mol. The van der Waals surface area contributed by atoms with Crippen LogP contribution in [0, 0.1) is 0 Å². The second-order valence-electron chi connectivity index (χ2n) is 5.14. The first-order chi connectivity index (χ1) is 9.93. The third-order valence-corrected chi connectivity index (χ3v) is 3.59. The molecule has 1 rings (SSSR count). The molecule has 1 aromatic carbocycles. The molecule has 0 heterocycles. The SMILES string of the molecule is CC[C@@H](C)c1ccc(NC(=O)CCNC(=O)[C@H](C)Cl)cc1. The molecule has 1 aromatic rings. The quantitative estimate of drug-likeness (QED) is 0.759. The largest absolute Gasteiger partial charge is 0.354 e. The van der Waals surface area contributed by atoms with Gasteiger partial charge in [-0.05, 0) is 37.0 Å². The van der Waals surface area contributed by atoms with E-state index in [4.69, 9.17) is 11.6 Å². The van der Waals surface area contributed by atoms with Crippen molar-refractivity contribution in [2.75, 3.05) is 11.9 Å². The Hall–Kier alpha value is -1.55. The monoisotopic (exact) mass is 310 g/mol. The summed E-state index contributed by atoms with van der Waals surface area (Å²) in [5.41, 5.74) is 2.03. The topological polar surface area (TPSA) is 58.2 Å². The van der Waals surface area contributed by atoms with Gasteiger partial charge in [0.25, 0.3) is 0 Å². The van der Waals surface area contributed by atoms with Crippen molar-refractivity contribution in [1.82, 2.24) is 5.32 Å². The number of halogens is 1. The van der Waals surface area contributed by atoms with E-state index in [0.717, 1.165) is 12.1 Å². The van der Waals surface area contributed by atoms with Crippen LogP contribution < -0.4 is 10.6 Å². The molecule has 5 heteroatoms. The maximum absolute atomic E-state index is 11.7. The molecule has 0 aromatic heterocycles. The summed E-state index contributed by atoms with van der Waals surface area (Å²) in [5, 5.41) is 4.82. The fourth-order valence-electron chi connectivity index (χ4n) is 1.79. The van der Waals surface area contributed by atoms with E-state index in [1.54, 1.807) is 6.92 Å². The molecule has 21 heavy (non-hydrogen) atoms. The summed E-state index contributed by atoms with van der Waals surface area (Å²) in [7, 11) is 0. The zero-order valence-corrected chi connectivity index (χ0v) is 13.5. The summed E-state index contributed by atoms with van der Waals surface area (Å²) in [6.07, 6.45) is 1.31.